The quantitative estimate of drug-likeness (QED) is 0.829. The summed E-state index contributed by atoms with van der Waals surface area (Å²) in [5.41, 5.74) is 0.597. The van der Waals surface area contributed by atoms with E-state index in [0.29, 0.717) is 0 Å². The number of methoxy groups -OCH3 is 2. The molecule has 7 nitrogen and oxygen atoms in total. The molecule has 2 N–H and O–H groups in total. The van der Waals surface area contributed by atoms with Crippen LogP contribution < -0.4 is 10.6 Å². The third-order valence-electron chi connectivity index (χ3n) is 3.53. The van der Waals surface area contributed by atoms with Gasteiger partial charge in [0.2, 0.25) is 0 Å². The van der Waals surface area contributed by atoms with Crippen LogP contribution in [0.15, 0.2) is 18.2 Å². The maximum Gasteiger partial charge on any atom is 0.339 e. The van der Waals surface area contributed by atoms with Crippen molar-refractivity contribution in [1.82, 2.24) is 5.32 Å². The molecule has 0 atom stereocenters. The van der Waals surface area contributed by atoms with Gasteiger partial charge in [-0.05, 0) is 37.5 Å². The summed E-state index contributed by atoms with van der Waals surface area (Å²) in [6.45, 7) is 0. The largest absolute Gasteiger partial charge is 0.465 e. The Hall–Kier alpha value is -2.57. The van der Waals surface area contributed by atoms with Gasteiger partial charge in [0.15, 0.2) is 0 Å². The lowest BCUT2D eigenvalue weighted by Gasteiger charge is -2.26. The summed E-state index contributed by atoms with van der Waals surface area (Å²) >= 11 is 0. The lowest BCUT2D eigenvalue weighted by Crippen LogP contribution is -2.42. The van der Waals surface area contributed by atoms with E-state index in [1.54, 1.807) is 0 Å². The second-order valence-electron chi connectivity index (χ2n) is 4.97. The summed E-state index contributed by atoms with van der Waals surface area (Å²) < 4.78 is 9.30. The van der Waals surface area contributed by atoms with Crippen LogP contribution in [-0.2, 0) is 9.47 Å². The number of ether oxygens (including phenoxy) is 2. The van der Waals surface area contributed by atoms with Gasteiger partial charge in [0, 0.05) is 6.04 Å². The van der Waals surface area contributed by atoms with Crippen LogP contribution in [-0.4, -0.2) is 38.2 Å². The van der Waals surface area contributed by atoms with Crippen LogP contribution in [0.5, 0.6) is 0 Å². The van der Waals surface area contributed by atoms with Crippen LogP contribution in [0.2, 0.25) is 0 Å². The van der Waals surface area contributed by atoms with Crippen LogP contribution in [0.1, 0.15) is 40.0 Å². The highest BCUT2D eigenvalue weighted by Crippen LogP contribution is 2.21. The topological polar surface area (TPSA) is 93.7 Å². The molecule has 2 amide bonds. The van der Waals surface area contributed by atoms with Crippen molar-refractivity contribution in [1.29, 1.82) is 0 Å². The molecule has 0 spiro atoms. The van der Waals surface area contributed by atoms with E-state index in [0.717, 1.165) is 19.3 Å². The highest BCUT2D eigenvalue weighted by molar-refractivity contribution is 6.03. The lowest BCUT2D eigenvalue weighted by atomic mass is 9.93. The second kappa shape index (κ2) is 6.93. The normalized spacial score (nSPS) is 13.7. The van der Waals surface area contributed by atoms with Gasteiger partial charge in [-0.1, -0.05) is 0 Å². The molecule has 7 heteroatoms. The van der Waals surface area contributed by atoms with Crippen LogP contribution in [0.25, 0.3) is 0 Å². The Labute approximate surface area is 128 Å². The van der Waals surface area contributed by atoms with Crippen molar-refractivity contribution < 1.29 is 23.9 Å². The average Bonchev–Trinajstić information content (AvgIpc) is 2.49. The van der Waals surface area contributed by atoms with Gasteiger partial charge in [-0.2, -0.15) is 0 Å². The highest BCUT2D eigenvalue weighted by atomic mass is 16.5. The molecule has 1 aromatic carbocycles. The minimum absolute atomic E-state index is 0.158. The first-order valence-corrected chi connectivity index (χ1v) is 6.93. The molecule has 0 heterocycles. The van der Waals surface area contributed by atoms with E-state index in [1.165, 1.54) is 32.4 Å². The zero-order valence-corrected chi connectivity index (χ0v) is 12.5. The number of benzene rings is 1. The van der Waals surface area contributed by atoms with Crippen LogP contribution in [0.4, 0.5) is 10.5 Å². The van der Waals surface area contributed by atoms with Crippen LogP contribution >= 0.6 is 0 Å². The van der Waals surface area contributed by atoms with Crippen LogP contribution in [0.3, 0.4) is 0 Å². The van der Waals surface area contributed by atoms with Gasteiger partial charge in [-0.3, -0.25) is 0 Å². The molecule has 1 aliphatic carbocycles. The molecule has 0 saturated heterocycles. The van der Waals surface area contributed by atoms with E-state index in [-0.39, 0.29) is 22.9 Å². The summed E-state index contributed by atoms with van der Waals surface area (Å²) in [5, 5.41) is 5.38. The van der Waals surface area contributed by atoms with Crippen molar-refractivity contribution in [3.63, 3.8) is 0 Å². The molecule has 0 unspecified atom stereocenters. The molecule has 2 rings (SSSR count). The van der Waals surface area contributed by atoms with Crippen molar-refractivity contribution in [2.24, 2.45) is 0 Å². The van der Waals surface area contributed by atoms with Gasteiger partial charge in [-0.25, -0.2) is 14.4 Å². The molecule has 0 aliphatic heterocycles. The zero-order chi connectivity index (χ0) is 16.1. The number of carbonyl (C=O) groups excluding carboxylic acids is 3. The third-order valence-corrected chi connectivity index (χ3v) is 3.53. The van der Waals surface area contributed by atoms with E-state index >= 15 is 0 Å². The van der Waals surface area contributed by atoms with E-state index in [4.69, 9.17) is 0 Å². The highest BCUT2D eigenvalue weighted by Gasteiger charge is 2.21. The molecule has 118 valence electrons. The lowest BCUT2D eigenvalue weighted by molar-refractivity contribution is 0.0587. The summed E-state index contributed by atoms with van der Waals surface area (Å²) in [6, 6.07) is 3.98. The zero-order valence-electron chi connectivity index (χ0n) is 12.5. The molecule has 0 aromatic heterocycles. The number of anilines is 1. The first-order valence-electron chi connectivity index (χ1n) is 6.93. The molecule has 1 saturated carbocycles. The summed E-state index contributed by atoms with van der Waals surface area (Å²) in [6.07, 6.45) is 2.98. The van der Waals surface area contributed by atoms with Crippen molar-refractivity contribution in [2.75, 3.05) is 19.5 Å². The third kappa shape index (κ3) is 3.55. The predicted molar refractivity (Wildman–Crippen MR) is 78.9 cm³/mol. The molecule has 0 bridgehead atoms. The first kappa shape index (κ1) is 15.8. The monoisotopic (exact) mass is 306 g/mol. The fourth-order valence-corrected chi connectivity index (χ4v) is 2.08. The Morgan fingerprint density at radius 3 is 2.32 bits per heavy atom. The van der Waals surface area contributed by atoms with Crippen molar-refractivity contribution in [3.05, 3.63) is 29.3 Å². The SMILES string of the molecule is COC(=O)c1ccc(C(=O)OC)c(NC(=O)NC2CCC2)c1. The smallest absolute Gasteiger partial charge is 0.339 e. The van der Waals surface area contributed by atoms with Gasteiger partial charge in [-0.15, -0.1) is 0 Å². The summed E-state index contributed by atoms with van der Waals surface area (Å²) in [7, 11) is 2.50. The minimum Gasteiger partial charge on any atom is -0.465 e. The number of hydrogen-bond donors (Lipinski definition) is 2. The Bertz CT molecular complexity index is 596. The summed E-state index contributed by atoms with van der Waals surface area (Å²) in [5.74, 6) is -1.16. The number of esters is 2. The molecular formula is C15H18N2O5. The number of amides is 2. The number of hydrogen-bond acceptors (Lipinski definition) is 5. The molecule has 1 aliphatic rings. The van der Waals surface area contributed by atoms with Gasteiger partial charge in [0.25, 0.3) is 0 Å². The van der Waals surface area contributed by atoms with E-state index < -0.39 is 18.0 Å². The Kier molecular flexibility index (Phi) is 4.98. The van der Waals surface area contributed by atoms with Crippen LogP contribution in [0, 0.1) is 0 Å². The van der Waals surface area contributed by atoms with E-state index in [1.807, 2.05) is 0 Å². The van der Waals surface area contributed by atoms with Gasteiger partial charge < -0.3 is 20.1 Å². The standard InChI is InChI=1S/C15H18N2O5/c1-21-13(18)9-6-7-11(14(19)22-2)12(8-9)17-15(20)16-10-4-3-5-10/h6-8,10H,3-5H2,1-2H3,(H2,16,17,20). The maximum atomic E-state index is 11.9. The minimum atomic E-state index is -0.602. The van der Waals surface area contributed by atoms with E-state index in [2.05, 4.69) is 20.1 Å². The Morgan fingerprint density at radius 1 is 1.09 bits per heavy atom. The Balaban J connectivity index is 2.21. The van der Waals surface area contributed by atoms with Gasteiger partial charge >= 0.3 is 18.0 Å². The molecule has 22 heavy (non-hydrogen) atoms. The maximum absolute atomic E-state index is 11.9. The molecule has 1 aromatic rings. The van der Waals surface area contributed by atoms with Crippen molar-refractivity contribution in [3.8, 4) is 0 Å². The fraction of sp³-hybridized carbons (Fsp3) is 0.400. The predicted octanol–water partition coefficient (Wildman–Crippen LogP) is 1.93. The number of rotatable bonds is 4. The van der Waals surface area contributed by atoms with Gasteiger partial charge in [0.1, 0.15) is 0 Å². The molecule has 0 radical (unpaired) electrons. The number of carbonyl (C=O) groups is 3. The first-order chi connectivity index (χ1) is 10.5. The van der Waals surface area contributed by atoms with E-state index in [9.17, 15) is 14.4 Å². The summed E-state index contributed by atoms with van der Waals surface area (Å²) in [4.78, 5) is 35.3. The second-order valence-corrected chi connectivity index (χ2v) is 4.97. The number of urea groups is 1. The van der Waals surface area contributed by atoms with Gasteiger partial charge in [0.05, 0.1) is 31.0 Å². The Morgan fingerprint density at radius 2 is 1.77 bits per heavy atom. The molecule has 1 fully saturated rings. The van der Waals surface area contributed by atoms with Crippen molar-refractivity contribution in [2.45, 2.75) is 25.3 Å². The average molecular weight is 306 g/mol. The number of nitrogens with one attached hydrogen (secondary N) is 2. The fourth-order valence-electron chi connectivity index (χ4n) is 2.08. The van der Waals surface area contributed by atoms with Crippen molar-refractivity contribution >= 4 is 23.7 Å². The molecular weight excluding hydrogens is 288 g/mol.